The van der Waals surface area contributed by atoms with Crippen LogP contribution in [0.15, 0.2) is 34.2 Å². The molecule has 0 spiro atoms. The maximum Gasteiger partial charge on any atom is 0.103 e. The van der Waals surface area contributed by atoms with Gasteiger partial charge in [-0.3, -0.25) is 4.68 Å². The van der Waals surface area contributed by atoms with Crippen LogP contribution < -0.4 is 5.32 Å². The van der Waals surface area contributed by atoms with Crippen molar-refractivity contribution in [2.45, 2.75) is 37.2 Å². The molecule has 0 atom stereocenters. The largest absolute Gasteiger partial charge is 0.313 e. The van der Waals surface area contributed by atoms with E-state index in [1.165, 1.54) is 21.0 Å². The summed E-state index contributed by atoms with van der Waals surface area (Å²) in [5.41, 5.74) is 3.72. The lowest BCUT2D eigenvalue weighted by molar-refractivity contribution is 0.674. The van der Waals surface area contributed by atoms with Gasteiger partial charge in [0.2, 0.25) is 0 Å². The van der Waals surface area contributed by atoms with Crippen LogP contribution in [0, 0.1) is 13.8 Å². The van der Waals surface area contributed by atoms with Gasteiger partial charge in [-0.05, 0) is 32.0 Å². The highest BCUT2D eigenvalue weighted by Gasteiger charge is 2.14. The van der Waals surface area contributed by atoms with Crippen LogP contribution in [0.2, 0.25) is 0 Å². The van der Waals surface area contributed by atoms with Crippen molar-refractivity contribution in [3.8, 4) is 0 Å². The molecule has 0 fully saturated rings. The Labute approximate surface area is 119 Å². The molecule has 2 aromatic rings. The SMILES string of the molecule is CCNCc1c(C)nn(C)c1Sc1ccccc1C. The van der Waals surface area contributed by atoms with E-state index in [2.05, 4.69) is 55.5 Å². The van der Waals surface area contributed by atoms with Crippen molar-refractivity contribution in [1.29, 1.82) is 0 Å². The summed E-state index contributed by atoms with van der Waals surface area (Å²) in [6.45, 7) is 8.21. The highest BCUT2D eigenvalue weighted by Crippen LogP contribution is 2.33. The van der Waals surface area contributed by atoms with Gasteiger partial charge in [-0.15, -0.1) is 0 Å². The van der Waals surface area contributed by atoms with Gasteiger partial charge in [-0.25, -0.2) is 0 Å². The number of nitrogens with one attached hydrogen (secondary N) is 1. The number of rotatable bonds is 5. The van der Waals surface area contributed by atoms with Crippen molar-refractivity contribution in [2.75, 3.05) is 6.54 Å². The lowest BCUT2D eigenvalue weighted by atomic mass is 10.2. The molecule has 0 aliphatic rings. The van der Waals surface area contributed by atoms with Gasteiger partial charge in [0.1, 0.15) is 5.03 Å². The maximum atomic E-state index is 4.55. The molecule has 0 unspecified atom stereocenters. The molecule has 0 aliphatic carbocycles. The minimum atomic E-state index is 0.879. The van der Waals surface area contributed by atoms with Crippen molar-refractivity contribution in [2.24, 2.45) is 7.05 Å². The molecule has 2 rings (SSSR count). The van der Waals surface area contributed by atoms with E-state index in [4.69, 9.17) is 0 Å². The van der Waals surface area contributed by atoms with Gasteiger partial charge in [0.15, 0.2) is 0 Å². The number of nitrogens with zero attached hydrogens (tertiary/aromatic N) is 2. The fraction of sp³-hybridized carbons (Fsp3) is 0.400. The Morgan fingerprint density at radius 3 is 2.68 bits per heavy atom. The van der Waals surface area contributed by atoms with Crippen molar-refractivity contribution < 1.29 is 0 Å². The van der Waals surface area contributed by atoms with E-state index >= 15 is 0 Å². The Morgan fingerprint density at radius 1 is 1.26 bits per heavy atom. The maximum absolute atomic E-state index is 4.55. The first-order valence-corrected chi connectivity index (χ1v) is 7.41. The van der Waals surface area contributed by atoms with Crippen LogP contribution in [-0.4, -0.2) is 16.3 Å². The van der Waals surface area contributed by atoms with Gasteiger partial charge in [0.25, 0.3) is 0 Å². The van der Waals surface area contributed by atoms with E-state index in [1.54, 1.807) is 11.8 Å². The van der Waals surface area contributed by atoms with E-state index in [9.17, 15) is 0 Å². The van der Waals surface area contributed by atoms with Crippen molar-refractivity contribution in [3.05, 3.63) is 41.1 Å². The first-order valence-electron chi connectivity index (χ1n) is 6.60. The van der Waals surface area contributed by atoms with Gasteiger partial charge < -0.3 is 5.32 Å². The zero-order valence-corrected chi connectivity index (χ0v) is 12.8. The molecule has 3 nitrogen and oxygen atoms in total. The molecule has 0 saturated carbocycles. The van der Waals surface area contributed by atoms with Crippen LogP contribution in [0.5, 0.6) is 0 Å². The van der Waals surface area contributed by atoms with E-state index < -0.39 is 0 Å². The van der Waals surface area contributed by atoms with Gasteiger partial charge in [-0.2, -0.15) is 5.10 Å². The first kappa shape index (κ1) is 14.2. The summed E-state index contributed by atoms with van der Waals surface area (Å²) < 4.78 is 1.99. The summed E-state index contributed by atoms with van der Waals surface area (Å²) >= 11 is 1.80. The van der Waals surface area contributed by atoms with Gasteiger partial charge in [0, 0.05) is 24.1 Å². The molecule has 4 heteroatoms. The predicted molar refractivity (Wildman–Crippen MR) is 80.6 cm³/mol. The summed E-state index contributed by atoms with van der Waals surface area (Å²) in [5.74, 6) is 0. The minimum absolute atomic E-state index is 0.879. The molecule has 1 aromatic heterocycles. The molecule has 1 N–H and O–H groups in total. The Bertz CT molecular complexity index is 561. The number of hydrogen-bond donors (Lipinski definition) is 1. The van der Waals surface area contributed by atoms with E-state index in [-0.39, 0.29) is 0 Å². The lowest BCUT2D eigenvalue weighted by Gasteiger charge is -2.09. The molecule has 1 heterocycles. The number of aromatic nitrogens is 2. The van der Waals surface area contributed by atoms with Crippen LogP contribution in [-0.2, 0) is 13.6 Å². The molecule has 19 heavy (non-hydrogen) atoms. The van der Waals surface area contributed by atoms with Crippen molar-refractivity contribution in [1.82, 2.24) is 15.1 Å². The summed E-state index contributed by atoms with van der Waals surface area (Å²) in [7, 11) is 2.02. The highest BCUT2D eigenvalue weighted by atomic mass is 32.2. The predicted octanol–water partition coefficient (Wildman–Crippen LogP) is 3.30. The third-order valence-corrected chi connectivity index (χ3v) is 4.52. The lowest BCUT2D eigenvalue weighted by Crippen LogP contribution is -2.12. The smallest absolute Gasteiger partial charge is 0.103 e. The monoisotopic (exact) mass is 275 g/mol. The average Bonchev–Trinajstić information content (AvgIpc) is 2.65. The third kappa shape index (κ3) is 3.19. The molecular weight excluding hydrogens is 254 g/mol. The topological polar surface area (TPSA) is 29.9 Å². The van der Waals surface area contributed by atoms with Crippen LogP contribution in [0.1, 0.15) is 23.7 Å². The quantitative estimate of drug-likeness (QED) is 0.908. The zero-order valence-electron chi connectivity index (χ0n) is 12.0. The Kier molecular flexibility index (Phi) is 4.66. The first-order chi connectivity index (χ1) is 9.13. The van der Waals surface area contributed by atoms with Crippen molar-refractivity contribution in [3.63, 3.8) is 0 Å². The summed E-state index contributed by atoms with van der Waals surface area (Å²) in [6.07, 6.45) is 0. The molecule has 0 radical (unpaired) electrons. The van der Waals surface area contributed by atoms with E-state index in [0.29, 0.717) is 0 Å². The molecule has 0 saturated heterocycles. The summed E-state index contributed by atoms with van der Waals surface area (Å²) in [6, 6.07) is 8.48. The number of hydrogen-bond acceptors (Lipinski definition) is 3. The second-order valence-corrected chi connectivity index (χ2v) is 5.67. The Hall–Kier alpha value is -1.26. The van der Waals surface area contributed by atoms with E-state index in [0.717, 1.165) is 18.8 Å². The van der Waals surface area contributed by atoms with Crippen LogP contribution >= 0.6 is 11.8 Å². The second kappa shape index (κ2) is 6.26. The standard InChI is InChI=1S/C15H21N3S/c1-5-16-10-13-12(3)17-18(4)15(13)19-14-9-7-6-8-11(14)2/h6-9,16H,5,10H2,1-4H3. The second-order valence-electron chi connectivity index (χ2n) is 4.64. The molecule has 0 bridgehead atoms. The molecule has 0 aliphatic heterocycles. The fourth-order valence-electron chi connectivity index (χ4n) is 2.04. The Balaban J connectivity index is 2.31. The molecule has 0 amide bonds. The van der Waals surface area contributed by atoms with Crippen LogP contribution in [0.3, 0.4) is 0 Å². The molecular formula is C15H21N3S. The Morgan fingerprint density at radius 2 is 2.00 bits per heavy atom. The van der Waals surface area contributed by atoms with Crippen LogP contribution in [0.25, 0.3) is 0 Å². The summed E-state index contributed by atoms with van der Waals surface area (Å²) in [4.78, 5) is 1.29. The molecule has 102 valence electrons. The third-order valence-electron chi connectivity index (χ3n) is 3.14. The van der Waals surface area contributed by atoms with Crippen LogP contribution in [0.4, 0.5) is 0 Å². The van der Waals surface area contributed by atoms with E-state index in [1.807, 2.05) is 11.7 Å². The van der Waals surface area contributed by atoms with Crippen molar-refractivity contribution >= 4 is 11.8 Å². The zero-order chi connectivity index (χ0) is 13.8. The molecule has 1 aromatic carbocycles. The van der Waals surface area contributed by atoms with Gasteiger partial charge in [0.05, 0.1) is 5.69 Å². The number of aryl methyl sites for hydroxylation is 3. The minimum Gasteiger partial charge on any atom is -0.313 e. The normalized spacial score (nSPS) is 10.9. The summed E-state index contributed by atoms with van der Waals surface area (Å²) in [5, 5.41) is 9.17. The number of benzene rings is 1. The highest BCUT2D eigenvalue weighted by molar-refractivity contribution is 7.99. The van der Waals surface area contributed by atoms with Gasteiger partial charge in [-0.1, -0.05) is 36.9 Å². The fourth-order valence-corrected chi connectivity index (χ4v) is 3.14. The van der Waals surface area contributed by atoms with Gasteiger partial charge >= 0.3 is 0 Å². The average molecular weight is 275 g/mol.